The monoisotopic (exact) mass is 361 g/mol. The number of hydrogen-bond donors (Lipinski definition) is 2. The van der Waals surface area contributed by atoms with Gasteiger partial charge in [-0.3, -0.25) is 9.48 Å². The van der Waals surface area contributed by atoms with Crippen molar-refractivity contribution < 1.29 is 9.53 Å². The van der Waals surface area contributed by atoms with Gasteiger partial charge >= 0.3 is 0 Å². The van der Waals surface area contributed by atoms with Gasteiger partial charge in [0, 0.05) is 30.7 Å². The van der Waals surface area contributed by atoms with Crippen molar-refractivity contribution in [2.24, 2.45) is 12.8 Å². The molecule has 4 atom stereocenters. The van der Waals surface area contributed by atoms with Crippen LogP contribution in [0.15, 0.2) is 24.4 Å². The van der Waals surface area contributed by atoms with Crippen LogP contribution in [0.3, 0.4) is 0 Å². The number of aromatic nitrogens is 3. The molecule has 0 radical (unpaired) electrons. The van der Waals surface area contributed by atoms with Gasteiger partial charge in [-0.25, -0.2) is 0 Å². The molecule has 1 aromatic carbocycles. The normalized spacial score (nSPS) is 31.2. The van der Waals surface area contributed by atoms with E-state index in [1.807, 2.05) is 25.4 Å². The summed E-state index contributed by atoms with van der Waals surface area (Å²) < 4.78 is 7.95. The molecule has 0 saturated carbocycles. The number of hydrogen-bond acceptors (Lipinski definition) is 5. The first-order valence-corrected chi connectivity index (χ1v) is 8.65. The molecule has 25 heavy (non-hydrogen) atoms. The number of aryl methyl sites for hydroxylation is 1. The van der Waals surface area contributed by atoms with Gasteiger partial charge in [0.05, 0.1) is 17.3 Å². The Morgan fingerprint density at radius 2 is 2.28 bits per heavy atom. The highest BCUT2D eigenvalue weighted by molar-refractivity contribution is 6.30. The van der Waals surface area contributed by atoms with Crippen LogP contribution >= 0.6 is 11.6 Å². The Bertz CT molecular complexity index is 838. The van der Waals surface area contributed by atoms with E-state index in [0.29, 0.717) is 11.4 Å². The highest BCUT2D eigenvalue weighted by atomic mass is 35.5. The smallest absolute Gasteiger partial charge is 0.251 e. The first-order valence-electron chi connectivity index (χ1n) is 8.27. The van der Waals surface area contributed by atoms with Crippen molar-refractivity contribution in [1.82, 2.24) is 20.3 Å². The predicted octanol–water partition coefficient (Wildman–Crippen LogP) is 1.73. The van der Waals surface area contributed by atoms with E-state index in [-0.39, 0.29) is 12.1 Å². The number of primary amides is 1. The van der Waals surface area contributed by atoms with Gasteiger partial charge in [0.2, 0.25) is 0 Å². The summed E-state index contributed by atoms with van der Waals surface area (Å²) in [6, 6.07) is 5.64. The third-order valence-electron chi connectivity index (χ3n) is 5.02. The van der Waals surface area contributed by atoms with E-state index in [1.54, 1.807) is 10.7 Å². The maximum Gasteiger partial charge on any atom is 0.251 e. The summed E-state index contributed by atoms with van der Waals surface area (Å²) in [4.78, 5) is 11.9. The van der Waals surface area contributed by atoms with Crippen LogP contribution < -0.4 is 11.1 Å². The second kappa shape index (κ2) is 5.79. The molecule has 3 heterocycles. The van der Waals surface area contributed by atoms with Crippen LogP contribution in [0.5, 0.6) is 0 Å². The predicted molar refractivity (Wildman–Crippen MR) is 91.7 cm³/mol. The SMILES string of the molecule is C[C@H]1CC2(C[C@@H](c3cn(C)nn3)N1)OC(C(N)=O)c1ccc(Cl)cc12. The minimum absolute atomic E-state index is 0.0316. The Morgan fingerprint density at radius 1 is 1.48 bits per heavy atom. The number of rotatable bonds is 2. The third kappa shape index (κ3) is 2.72. The lowest BCUT2D eigenvalue weighted by molar-refractivity contribution is -0.148. The zero-order valence-electron chi connectivity index (χ0n) is 14.1. The van der Waals surface area contributed by atoms with Crippen LogP contribution in [0.4, 0.5) is 0 Å². The number of nitrogens with two attached hydrogens (primary N) is 1. The molecule has 1 fully saturated rings. The molecule has 0 bridgehead atoms. The Balaban J connectivity index is 1.78. The van der Waals surface area contributed by atoms with Crippen molar-refractivity contribution in [2.75, 3.05) is 0 Å². The molecule has 2 aliphatic heterocycles. The van der Waals surface area contributed by atoms with E-state index in [9.17, 15) is 4.79 Å². The van der Waals surface area contributed by atoms with Crippen molar-refractivity contribution >= 4 is 17.5 Å². The summed E-state index contributed by atoms with van der Waals surface area (Å²) in [6.45, 7) is 2.09. The Kier molecular flexibility index (Phi) is 3.82. The van der Waals surface area contributed by atoms with Crippen molar-refractivity contribution in [3.63, 3.8) is 0 Å². The Morgan fingerprint density at radius 3 is 2.96 bits per heavy atom. The van der Waals surface area contributed by atoms with Gasteiger partial charge in [-0.05, 0) is 36.6 Å². The summed E-state index contributed by atoms with van der Waals surface area (Å²) in [7, 11) is 1.84. The summed E-state index contributed by atoms with van der Waals surface area (Å²) in [6.07, 6.45) is 2.50. The van der Waals surface area contributed by atoms with E-state index in [2.05, 4.69) is 22.6 Å². The lowest BCUT2D eigenvalue weighted by atomic mass is 9.78. The number of nitrogens with one attached hydrogen (secondary N) is 1. The van der Waals surface area contributed by atoms with Crippen molar-refractivity contribution in [3.8, 4) is 0 Å². The van der Waals surface area contributed by atoms with Gasteiger partial charge in [-0.15, -0.1) is 5.10 Å². The number of carbonyl (C=O) groups is 1. The molecule has 1 spiro atoms. The van der Waals surface area contributed by atoms with Crippen LogP contribution in [-0.2, 0) is 22.2 Å². The number of nitrogens with zero attached hydrogens (tertiary/aromatic N) is 3. The minimum Gasteiger partial charge on any atom is -0.367 e. The fraction of sp³-hybridized carbons (Fsp3) is 0.471. The van der Waals surface area contributed by atoms with Gasteiger partial charge in [0.25, 0.3) is 5.91 Å². The number of ether oxygens (including phenoxy) is 1. The largest absolute Gasteiger partial charge is 0.367 e. The summed E-state index contributed by atoms with van der Waals surface area (Å²) in [5, 5.41) is 12.4. The van der Waals surface area contributed by atoms with E-state index >= 15 is 0 Å². The zero-order valence-corrected chi connectivity index (χ0v) is 14.8. The number of piperidine rings is 1. The first-order chi connectivity index (χ1) is 11.9. The first kappa shape index (κ1) is 16.5. The maximum atomic E-state index is 11.9. The van der Waals surface area contributed by atoms with E-state index in [1.165, 1.54) is 0 Å². The molecule has 2 aromatic rings. The van der Waals surface area contributed by atoms with Crippen LogP contribution in [0.25, 0.3) is 0 Å². The Labute approximate surface area is 150 Å². The van der Waals surface area contributed by atoms with Gasteiger partial charge < -0.3 is 15.8 Å². The molecule has 8 heteroatoms. The number of halogens is 1. The van der Waals surface area contributed by atoms with E-state index in [0.717, 1.165) is 23.2 Å². The molecule has 4 rings (SSSR count). The highest BCUT2D eigenvalue weighted by Crippen LogP contribution is 2.52. The molecule has 1 aromatic heterocycles. The van der Waals surface area contributed by atoms with Crippen LogP contribution in [0, 0.1) is 0 Å². The number of benzene rings is 1. The second-order valence-electron chi connectivity index (χ2n) is 6.97. The lowest BCUT2D eigenvalue weighted by Gasteiger charge is -2.41. The van der Waals surface area contributed by atoms with Crippen molar-refractivity contribution in [1.29, 1.82) is 0 Å². The summed E-state index contributed by atoms with van der Waals surface area (Å²) >= 11 is 6.23. The van der Waals surface area contributed by atoms with E-state index < -0.39 is 17.6 Å². The van der Waals surface area contributed by atoms with Crippen LogP contribution in [0.2, 0.25) is 5.02 Å². The minimum atomic E-state index is -0.750. The van der Waals surface area contributed by atoms with Crippen LogP contribution in [0.1, 0.15) is 48.7 Å². The zero-order chi connectivity index (χ0) is 17.8. The summed E-state index contributed by atoms with van der Waals surface area (Å²) in [5.74, 6) is -0.484. The van der Waals surface area contributed by atoms with Gasteiger partial charge in [0.1, 0.15) is 0 Å². The summed E-state index contributed by atoms with van der Waals surface area (Å²) in [5.41, 5.74) is 7.58. The molecule has 3 N–H and O–H groups in total. The molecule has 2 aliphatic rings. The molecule has 0 aliphatic carbocycles. The van der Waals surface area contributed by atoms with Crippen molar-refractivity contribution in [3.05, 3.63) is 46.2 Å². The third-order valence-corrected chi connectivity index (χ3v) is 5.26. The quantitative estimate of drug-likeness (QED) is 0.849. The van der Waals surface area contributed by atoms with Gasteiger partial charge in [-0.2, -0.15) is 0 Å². The Hall–Kier alpha value is -1.96. The second-order valence-corrected chi connectivity index (χ2v) is 7.41. The maximum absolute atomic E-state index is 11.9. The van der Waals surface area contributed by atoms with Crippen LogP contribution in [-0.4, -0.2) is 26.9 Å². The highest BCUT2D eigenvalue weighted by Gasteiger charge is 2.51. The average Bonchev–Trinajstić information content (AvgIpc) is 3.10. The van der Waals surface area contributed by atoms with E-state index in [4.69, 9.17) is 22.1 Å². The molecular formula is C17H20ClN5O2. The lowest BCUT2D eigenvalue weighted by Crippen LogP contribution is -2.47. The molecule has 1 saturated heterocycles. The number of carbonyl (C=O) groups excluding carboxylic acids is 1. The molecule has 7 nitrogen and oxygen atoms in total. The number of amides is 1. The molecule has 2 unspecified atom stereocenters. The molecule has 132 valence electrons. The fourth-order valence-corrected chi connectivity index (χ4v) is 4.29. The molecule has 1 amide bonds. The standard InChI is InChI=1S/C17H20ClN5O2/c1-9-6-17(7-13(20-9)14-8-23(2)22-21-14)12-5-10(18)3-4-11(12)15(25-17)16(19)24/h3-5,8-9,13,15,20H,6-7H2,1-2H3,(H2,19,24)/t9-,13-,15?,17?/m0/s1. The van der Waals surface area contributed by atoms with Gasteiger partial charge in [-0.1, -0.05) is 22.9 Å². The fourth-order valence-electron chi connectivity index (χ4n) is 4.12. The average molecular weight is 362 g/mol. The topological polar surface area (TPSA) is 95.1 Å². The van der Waals surface area contributed by atoms with Crippen molar-refractivity contribution in [2.45, 2.75) is 43.6 Å². The molecular weight excluding hydrogens is 342 g/mol. The number of fused-ring (bicyclic) bond motifs is 2. The van der Waals surface area contributed by atoms with Gasteiger partial charge in [0.15, 0.2) is 6.10 Å².